The molecule has 6 nitrogen and oxygen atoms in total. The van der Waals surface area contributed by atoms with Crippen molar-refractivity contribution in [1.82, 2.24) is 4.90 Å². The quantitative estimate of drug-likeness (QED) is 0.485. The van der Waals surface area contributed by atoms with E-state index in [0.717, 1.165) is 12.1 Å². The zero-order chi connectivity index (χ0) is 12.5. The van der Waals surface area contributed by atoms with E-state index in [9.17, 15) is 14.9 Å². The number of nitrogen functional groups attached to an aromatic ring is 1. The number of nitrogens with two attached hydrogens (primary N) is 1. The first-order chi connectivity index (χ1) is 7.34. The van der Waals surface area contributed by atoms with Gasteiger partial charge in [0, 0.05) is 26.2 Å². The molecule has 0 spiro atoms. The Morgan fingerprint density at radius 3 is 2.50 bits per heavy atom. The van der Waals surface area contributed by atoms with Crippen LogP contribution in [0.5, 0.6) is 0 Å². The number of nitro benzene ring substituents is 1. The molecule has 0 aliphatic carbocycles. The van der Waals surface area contributed by atoms with Gasteiger partial charge >= 0.3 is 0 Å². The van der Waals surface area contributed by atoms with Crippen molar-refractivity contribution in [3.8, 4) is 0 Å². The number of rotatable bonds is 2. The number of carbonyl (C=O) groups is 1. The van der Waals surface area contributed by atoms with Crippen LogP contribution in [0.2, 0.25) is 5.02 Å². The van der Waals surface area contributed by atoms with E-state index in [1.807, 2.05) is 0 Å². The molecular formula is C9H10ClN3O3. The Hall–Kier alpha value is -1.82. The maximum absolute atomic E-state index is 11.7. The number of non-ortho nitro benzene ring substituents is 1. The summed E-state index contributed by atoms with van der Waals surface area (Å²) in [4.78, 5) is 22.9. The molecule has 86 valence electrons. The fourth-order valence-corrected chi connectivity index (χ4v) is 1.34. The lowest BCUT2D eigenvalue weighted by molar-refractivity contribution is -0.384. The second-order valence-electron chi connectivity index (χ2n) is 3.35. The molecule has 0 unspecified atom stereocenters. The largest absolute Gasteiger partial charge is 0.397 e. The lowest BCUT2D eigenvalue weighted by atomic mass is 10.1. The number of hydrogen-bond donors (Lipinski definition) is 1. The van der Waals surface area contributed by atoms with Crippen LogP contribution in [0.15, 0.2) is 12.1 Å². The highest BCUT2D eigenvalue weighted by atomic mass is 35.5. The van der Waals surface area contributed by atoms with Gasteiger partial charge in [-0.3, -0.25) is 14.9 Å². The molecule has 1 rings (SSSR count). The molecule has 0 bridgehead atoms. The Bertz CT molecular complexity index is 460. The zero-order valence-electron chi connectivity index (χ0n) is 8.73. The normalized spacial score (nSPS) is 9.94. The zero-order valence-corrected chi connectivity index (χ0v) is 9.49. The molecule has 0 aliphatic heterocycles. The van der Waals surface area contributed by atoms with Gasteiger partial charge in [0.2, 0.25) is 0 Å². The Kier molecular flexibility index (Phi) is 3.34. The van der Waals surface area contributed by atoms with Crippen molar-refractivity contribution in [1.29, 1.82) is 0 Å². The van der Waals surface area contributed by atoms with E-state index in [4.69, 9.17) is 17.3 Å². The maximum atomic E-state index is 11.7. The van der Waals surface area contributed by atoms with E-state index < -0.39 is 10.8 Å². The van der Waals surface area contributed by atoms with Gasteiger partial charge in [0.15, 0.2) is 0 Å². The third kappa shape index (κ3) is 2.22. The minimum absolute atomic E-state index is 0.000556. The third-order valence-corrected chi connectivity index (χ3v) is 2.27. The molecule has 0 saturated heterocycles. The Morgan fingerprint density at radius 1 is 1.50 bits per heavy atom. The van der Waals surface area contributed by atoms with Crippen molar-refractivity contribution in [2.75, 3.05) is 19.8 Å². The molecule has 1 aromatic rings. The van der Waals surface area contributed by atoms with E-state index >= 15 is 0 Å². The van der Waals surface area contributed by atoms with Crippen LogP contribution in [0.25, 0.3) is 0 Å². The second-order valence-corrected chi connectivity index (χ2v) is 3.75. The number of hydrogen-bond acceptors (Lipinski definition) is 4. The van der Waals surface area contributed by atoms with Gasteiger partial charge in [-0.15, -0.1) is 0 Å². The first-order valence-corrected chi connectivity index (χ1v) is 4.67. The highest BCUT2D eigenvalue weighted by Crippen LogP contribution is 2.29. The van der Waals surface area contributed by atoms with Crippen LogP contribution in [0.3, 0.4) is 0 Å². The number of halogens is 1. The number of carbonyl (C=O) groups excluding carboxylic acids is 1. The Labute approximate surface area is 96.7 Å². The Balaban J connectivity index is 3.38. The SMILES string of the molecule is CN(C)C(=O)c1cc([N+](=O)[O-])cc(Cl)c1N. The summed E-state index contributed by atoms with van der Waals surface area (Å²) in [6.07, 6.45) is 0. The van der Waals surface area contributed by atoms with Crippen LogP contribution in [0, 0.1) is 10.1 Å². The second kappa shape index (κ2) is 4.36. The first kappa shape index (κ1) is 12.3. The van der Waals surface area contributed by atoms with Gasteiger partial charge < -0.3 is 10.6 Å². The van der Waals surface area contributed by atoms with Gasteiger partial charge in [-0.1, -0.05) is 11.6 Å². The molecule has 2 N–H and O–H groups in total. The number of nitrogens with zero attached hydrogens (tertiary/aromatic N) is 2. The van der Waals surface area contributed by atoms with Gasteiger partial charge in [0.1, 0.15) is 0 Å². The molecule has 0 aromatic heterocycles. The number of nitro groups is 1. The summed E-state index contributed by atoms with van der Waals surface area (Å²) in [6.45, 7) is 0. The van der Waals surface area contributed by atoms with Gasteiger partial charge in [-0.2, -0.15) is 0 Å². The third-order valence-electron chi connectivity index (χ3n) is 1.96. The molecule has 0 fully saturated rings. The van der Waals surface area contributed by atoms with Gasteiger partial charge in [-0.05, 0) is 0 Å². The molecule has 0 aliphatic rings. The van der Waals surface area contributed by atoms with E-state index in [1.165, 1.54) is 19.0 Å². The summed E-state index contributed by atoms with van der Waals surface area (Å²) in [7, 11) is 3.04. The lowest BCUT2D eigenvalue weighted by Gasteiger charge is -2.12. The van der Waals surface area contributed by atoms with Gasteiger partial charge in [0.25, 0.3) is 11.6 Å². The predicted octanol–water partition coefficient (Wildman–Crippen LogP) is 1.53. The minimum atomic E-state index is -0.627. The Morgan fingerprint density at radius 2 is 2.06 bits per heavy atom. The maximum Gasteiger partial charge on any atom is 0.271 e. The summed E-state index contributed by atoms with van der Waals surface area (Å²) >= 11 is 5.71. The highest BCUT2D eigenvalue weighted by Gasteiger charge is 2.19. The molecule has 0 radical (unpaired) electrons. The summed E-state index contributed by atoms with van der Waals surface area (Å²) in [5.74, 6) is -0.428. The monoisotopic (exact) mass is 243 g/mol. The molecule has 1 amide bonds. The molecular weight excluding hydrogens is 234 g/mol. The summed E-state index contributed by atoms with van der Waals surface area (Å²) in [6, 6.07) is 2.23. The van der Waals surface area contributed by atoms with E-state index in [2.05, 4.69) is 0 Å². The van der Waals surface area contributed by atoms with Crippen LogP contribution in [0.4, 0.5) is 11.4 Å². The molecule has 0 saturated carbocycles. The van der Waals surface area contributed by atoms with Crippen molar-refractivity contribution in [3.05, 3.63) is 32.8 Å². The minimum Gasteiger partial charge on any atom is -0.397 e. The molecule has 0 atom stereocenters. The van der Waals surface area contributed by atoms with Crippen molar-refractivity contribution < 1.29 is 9.72 Å². The van der Waals surface area contributed by atoms with Crippen LogP contribution in [-0.2, 0) is 0 Å². The number of benzene rings is 1. The smallest absolute Gasteiger partial charge is 0.271 e. The van der Waals surface area contributed by atoms with Crippen molar-refractivity contribution in [3.63, 3.8) is 0 Å². The van der Waals surface area contributed by atoms with E-state index in [-0.39, 0.29) is 22.0 Å². The number of anilines is 1. The average molecular weight is 244 g/mol. The predicted molar refractivity (Wildman–Crippen MR) is 60.5 cm³/mol. The highest BCUT2D eigenvalue weighted by molar-refractivity contribution is 6.34. The first-order valence-electron chi connectivity index (χ1n) is 4.29. The number of amides is 1. The van der Waals surface area contributed by atoms with Crippen molar-refractivity contribution >= 4 is 28.9 Å². The fraction of sp³-hybridized carbons (Fsp3) is 0.222. The van der Waals surface area contributed by atoms with Crippen molar-refractivity contribution in [2.24, 2.45) is 0 Å². The summed E-state index contributed by atoms with van der Waals surface area (Å²) in [5.41, 5.74) is 5.41. The van der Waals surface area contributed by atoms with Crippen LogP contribution in [0.1, 0.15) is 10.4 Å². The van der Waals surface area contributed by atoms with Crippen molar-refractivity contribution in [2.45, 2.75) is 0 Å². The standard InChI is InChI=1S/C9H10ClN3O3/c1-12(2)9(14)6-3-5(13(15)16)4-7(10)8(6)11/h3-4H,11H2,1-2H3. The molecule has 7 heteroatoms. The lowest BCUT2D eigenvalue weighted by Crippen LogP contribution is -2.23. The van der Waals surface area contributed by atoms with Crippen LogP contribution >= 0.6 is 11.6 Å². The summed E-state index contributed by atoms with van der Waals surface area (Å²) < 4.78 is 0. The molecule has 16 heavy (non-hydrogen) atoms. The van der Waals surface area contributed by atoms with E-state index in [0.29, 0.717) is 0 Å². The van der Waals surface area contributed by atoms with Crippen LogP contribution < -0.4 is 5.73 Å². The fourth-order valence-electron chi connectivity index (χ4n) is 1.13. The molecule has 0 heterocycles. The average Bonchev–Trinajstić information content (AvgIpc) is 2.20. The topological polar surface area (TPSA) is 89.5 Å². The van der Waals surface area contributed by atoms with E-state index in [1.54, 1.807) is 0 Å². The molecule has 1 aromatic carbocycles. The van der Waals surface area contributed by atoms with Crippen LogP contribution in [-0.4, -0.2) is 29.8 Å². The van der Waals surface area contributed by atoms with Gasteiger partial charge in [-0.25, -0.2) is 0 Å². The van der Waals surface area contributed by atoms with Gasteiger partial charge in [0.05, 0.1) is 21.2 Å². The summed E-state index contributed by atoms with van der Waals surface area (Å²) in [5, 5.41) is 10.6.